The molecule has 0 N–H and O–H groups in total. The summed E-state index contributed by atoms with van der Waals surface area (Å²) in [5.74, 6) is 3.75. The van der Waals surface area contributed by atoms with Crippen LogP contribution in [-0.4, -0.2) is 4.57 Å². The Balaban J connectivity index is 1.18. The third kappa shape index (κ3) is 3.74. The summed E-state index contributed by atoms with van der Waals surface area (Å²) in [5.41, 5.74) is 22.6. The van der Waals surface area contributed by atoms with Gasteiger partial charge >= 0.3 is 5.66 Å². The van der Waals surface area contributed by atoms with Crippen molar-refractivity contribution in [2.75, 3.05) is 9.80 Å². The normalized spacial score (nSPS) is 21.9. The fraction of sp³-hybridized carbons (Fsp3) is 0.322. The molecule has 8 aliphatic rings. The lowest BCUT2D eigenvalue weighted by Crippen LogP contribution is -2.77. The molecule has 0 bridgehead atoms. The summed E-state index contributed by atoms with van der Waals surface area (Å²) in [5, 5.41) is 2.70. The van der Waals surface area contributed by atoms with Gasteiger partial charge in [0.25, 0.3) is 11.6 Å². The molecular formula is C59H53N5+2. The van der Waals surface area contributed by atoms with E-state index in [1.807, 2.05) is 0 Å². The summed E-state index contributed by atoms with van der Waals surface area (Å²) in [7, 11) is 0. The van der Waals surface area contributed by atoms with Gasteiger partial charge in [0.1, 0.15) is 22.5 Å². The van der Waals surface area contributed by atoms with Gasteiger partial charge in [0, 0.05) is 56.0 Å². The Bertz CT molecular complexity index is 3430. The van der Waals surface area contributed by atoms with E-state index in [2.05, 4.69) is 166 Å². The van der Waals surface area contributed by atoms with Gasteiger partial charge in [-0.3, -0.25) is 0 Å². The highest BCUT2D eigenvalue weighted by Gasteiger charge is 2.72. The predicted molar refractivity (Wildman–Crippen MR) is 257 cm³/mol. The van der Waals surface area contributed by atoms with Gasteiger partial charge in [-0.15, -0.1) is 0 Å². The summed E-state index contributed by atoms with van der Waals surface area (Å²) in [4.78, 5) is 5.51. The molecule has 6 aliphatic heterocycles. The zero-order valence-corrected chi connectivity index (χ0v) is 37.4. The third-order valence-electron chi connectivity index (χ3n) is 18.1. The molecule has 2 fully saturated rings. The van der Waals surface area contributed by atoms with Crippen LogP contribution in [0.15, 0.2) is 115 Å². The molecule has 1 atom stereocenters. The second kappa shape index (κ2) is 11.4. The molecule has 1 spiro atoms. The Morgan fingerprint density at radius 1 is 0.469 bits per heavy atom. The average molecular weight is 832 g/mol. The molecule has 5 aromatic carbocycles. The highest BCUT2D eigenvalue weighted by molar-refractivity contribution is 6.15. The van der Waals surface area contributed by atoms with Crippen LogP contribution in [-0.2, 0) is 16.5 Å². The molecular weight excluding hydrogens is 779 g/mol. The van der Waals surface area contributed by atoms with E-state index in [1.54, 1.807) is 0 Å². The molecule has 5 nitrogen and oxygen atoms in total. The molecule has 64 heavy (non-hydrogen) atoms. The first-order chi connectivity index (χ1) is 31.3. The zero-order chi connectivity index (χ0) is 42.2. The smallest absolute Gasteiger partial charge is 0.308 e. The van der Waals surface area contributed by atoms with E-state index in [0.29, 0.717) is 11.8 Å². The quantitative estimate of drug-likeness (QED) is 0.162. The number of benzene rings is 5. The fourth-order valence-corrected chi connectivity index (χ4v) is 15.3. The van der Waals surface area contributed by atoms with Crippen LogP contribution in [0.4, 0.5) is 34.4 Å². The SMILES string of the molecule is CC1(C)c2ccccc2N2c3c1ccc1c3C34c5c6c(cc7c8ccccc8n-1c57)C(C)(C)c1ccccc1N6c1cc(C5CCCCC5)cc([n+]13)-c1cc(C3CCCCC3)cc2[n+]14. The highest BCUT2D eigenvalue weighted by atomic mass is 15.5. The molecule has 0 saturated heterocycles. The Morgan fingerprint density at radius 2 is 1.00 bits per heavy atom. The second-order valence-electron chi connectivity index (χ2n) is 21.8. The maximum absolute atomic E-state index is 2.90. The number of anilines is 6. The minimum absolute atomic E-state index is 0.216. The lowest BCUT2D eigenvalue weighted by atomic mass is 9.67. The van der Waals surface area contributed by atoms with E-state index in [9.17, 15) is 0 Å². The average Bonchev–Trinajstić information content (AvgIpc) is 3.82. The van der Waals surface area contributed by atoms with Crippen molar-refractivity contribution in [3.8, 4) is 17.1 Å². The van der Waals surface area contributed by atoms with Crippen molar-refractivity contribution in [2.24, 2.45) is 0 Å². The molecule has 2 aliphatic carbocycles. The van der Waals surface area contributed by atoms with Gasteiger partial charge in [-0.05, 0) is 91.1 Å². The van der Waals surface area contributed by atoms with Crippen LogP contribution in [0.1, 0.15) is 148 Å². The van der Waals surface area contributed by atoms with E-state index in [0.717, 1.165) is 0 Å². The maximum Gasteiger partial charge on any atom is 0.319 e. The van der Waals surface area contributed by atoms with Gasteiger partial charge in [-0.1, -0.05) is 127 Å². The molecule has 9 heterocycles. The molecule has 8 aromatic rings. The lowest BCUT2D eigenvalue weighted by molar-refractivity contribution is -0.928. The third-order valence-corrected chi connectivity index (χ3v) is 18.1. The topological polar surface area (TPSA) is 19.2 Å². The van der Waals surface area contributed by atoms with Crippen molar-refractivity contribution < 1.29 is 9.13 Å². The van der Waals surface area contributed by atoms with Gasteiger partial charge in [0.05, 0.1) is 16.7 Å². The standard InChI is InChI=1S/C59H53N5/c1-57(2)40-22-12-15-25-45(40)61-50-31-36(34-17-7-5-8-18-34)29-48-49-30-37(35-19-9-6-10-20-35)32-51-62-46-26-16-13-23-41(46)58(3,4)43-33-39-38-21-11-14-24-44(38)60-47-28-27-42(57)55(61)52(47)59(63(48)50,64(49)51)53(54(39)60)56(43)62/h11-16,21-35H,5-10,17-20H2,1-4H3/q+2. The Labute approximate surface area is 375 Å². The number of fused-ring (bicyclic) bond motifs is 11. The maximum atomic E-state index is 2.90. The van der Waals surface area contributed by atoms with Gasteiger partial charge in [-0.2, -0.15) is 18.9 Å². The van der Waals surface area contributed by atoms with E-state index in [-0.39, 0.29) is 10.8 Å². The number of hydrogen-bond acceptors (Lipinski definition) is 2. The zero-order valence-electron chi connectivity index (χ0n) is 37.4. The molecule has 1 unspecified atom stereocenters. The summed E-state index contributed by atoms with van der Waals surface area (Å²) in [6.07, 6.45) is 13.0. The Morgan fingerprint density at radius 3 is 1.61 bits per heavy atom. The first kappa shape index (κ1) is 35.2. The van der Waals surface area contributed by atoms with Crippen molar-refractivity contribution in [1.29, 1.82) is 0 Å². The van der Waals surface area contributed by atoms with E-state index in [4.69, 9.17) is 0 Å². The minimum atomic E-state index is -0.669. The van der Waals surface area contributed by atoms with E-state index >= 15 is 0 Å². The summed E-state index contributed by atoms with van der Waals surface area (Å²) in [6.45, 7) is 9.95. The van der Waals surface area contributed by atoms with Gasteiger partial charge in [0.15, 0.2) is 22.8 Å². The van der Waals surface area contributed by atoms with Crippen molar-refractivity contribution in [1.82, 2.24) is 4.57 Å². The molecule has 5 heteroatoms. The number of pyridine rings is 2. The van der Waals surface area contributed by atoms with Gasteiger partial charge in [-0.25, -0.2) is 0 Å². The van der Waals surface area contributed by atoms with Gasteiger partial charge < -0.3 is 4.57 Å². The Kier molecular flexibility index (Phi) is 6.24. The first-order valence-corrected chi connectivity index (χ1v) is 24.6. The van der Waals surface area contributed by atoms with Crippen molar-refractivity contribution in [2.45, 2.75) is 120 Å². The number of aromatic nitrogens is 3. The summed E-state index contributed by atoms with van der Waals surface area (Å²) in [6, 6.07) is 46.4. The fourth-order valence-electron chi connectivity index (χ4n) is 15.3. The molecule has 3 aromatic heterocycles. The van der Waals surface area contributed by atoms with Crippen LogP contribution in [0.3, 0.4) is 0 Å². The summed E-state index contributed by atoms with van der Waals surface area (Å²) >= 11 is 0. The van der Waals surface area contributed by atoms with Crippen LogP contribution in [0.25, 0.3) is 38.9 Å². The largest absolute Gasteiger partial charge is 0.319 e. The van der Waals surface area contributed by atoms with E-state index in [1.165, 1.54) is 182 Å². The number of hydrogen-bond donors (Lipinski definition) is 0. The minimum Gasteiger partial charge on any atom is -0.308 e. The first-order valence-electron chi connectivity index (χ1n) is 24.6. The molecule has 0 amide bonds. The lowest BCUT2D eigenvalue weighted by Gasteiger charge is -2.49. The van der Waals surface area contributed by atoms with Crippen LogP contribution >= 0.6 is 0 Å². The predicted octanol–water partition coefficient (Wildman–Crippen LogP) is 13.9. The second-order valence-corrected chi connectivity index (χ2v) is 21.8. The Hall–Kier alpha value is -6.20. The van der Waals surface area contributed by atoms with Crippen LogP contribution in [0.2, 0.25) is 0 Å². The van der Waals surface area contributed by atoms with Crippen molar-refractivity contribution in [3.05, 3.63) is 160 Å². The van der Waals surface area contributed by atoms with Crippen molar-refractivity contribution >= 4 is 56.2 Å². The number of nitrogens with zero attached hydrogens (tertiary/aromatic N) is 5. The number of rotatable bonds is 2. The van der Waals surface area contributed by atoms with Crippen LogP contribution in [0, 0.1) is 0 Å². The van der Waals surface area contributed by atoms with Crippen LogP contribution in [0.5, 0.6) is 0 Å². The molecule has 2 saturated carbocycles. The summed E-state index contributed by atoms with van der Waals surface area (Å²) < 4.78 is 8.49. The molecule has 0 radical (unpaired) electrons. The van der Waals surface area contributed by atoms with Crippen LogP contribution < -0.4 is 18.9 Å². The highest BCUT2D eigenvalue weighted by Crippen LogP contribution is 2.67. The molecule has 16 rings (SSSR count). The number of para-hydroxylation sites is 3. The van der Waals surface area contributed by atoms with Crippen molar-refractivity contribution in [3.63, 3.8) is 0 Å². The molecule has 312 valence electrons. The van der Waals surface area contributed by atoms with Gasteiger partial charge in [0.2, 0.25) is 0 Å². The van der Waals surface area contributed by atoms with E-state index < -0.39 is 5.66 Å². The monoisotopic (exact) mass is 831 g/mol.